The number of benzene rings is 1. The average molecular weight is 314 g/mol. The lowest BCUT2D eigenvalue weighted by atomic mass is 10.2. The molecule has 0 aliphatic heterocycles. The third-order valence-electron chi connectivity index (χ3n) is 3.21. The van der Waals surface area contributed by atoms with E-state index >= 15 is 0 Å². The number of aromatic nitrogens is 2. The monoisotopic (exact) mass is 313 g/mol. The van der Waals surface area contributed by atoms with Gasteiger partial charge in [0.25, 0.3) is 5.56 Å². The lowest BCUT2D eigenvalue weighted by molar-refractivity contribution is 0.545. The Morgan fingerprint density at radius 3 is 2.50 bits per heavy atom. The predicted octanol–water partition coefficient (Wildman–Crippen LogP) is 3.50. The molecule has 0 fully saturated rings. The van der Waals surface area contributed by atoms with Crippen LogP contribution in [0.5, 0.6) is 0 Å². The molecule has 1 aromatic carbocycles. The fourth-order valence-electron chi connectivity index (χ4n) is 2.33. The zero-order chi connectivity index (χ0) is 14.9. The first-order valence-electron chi connectivity index (χ1n) is 6.56. The number of halogens is 2. The Balaban J connectivity index is 2.73. The largest absolute Gasteiger partial charge is 0.393 e. The van der Waals surface area contributed by atoms with Crippen LogP contribution in [0.15, 0.2) is 23.0 Å². The van der Waals surface area contributed by atoms with E-state index in [1.165, 1.54) is 4.68 Å². The van der Waals surface area contributed by atoms with Gasteiger partial charge in [-0.15, -0.1) is 0 Å². The summed E-state index contributed by atoms with van der Waals surface area (Å²) in [5.74, 6) is 0. The van der Waals surface area contributed by atoms with Gasteiger partial charge in [0, 0.05) is 11.6 Å². The van der Waals surface area contributed by atoms with Gasteiger partial charge in [0.1, 0.15) is 5.69 Å². The first-order valence-corrected chi connectivity index (χ1v) is 7.32. The molecule has 1 aromatic heterocycles. The van der Waals surface area contributed by atoms with E-state index in [9.17, 15) is 4.79 Å². The third kappa shape index (κ3) is 2.45. The number of hydrogen-bond donors (Lipinski definition) is 1. The Bertz CT molecular complexity index is 688. The number of nitrogens with two attached hydrogens (primary N) is 1. The molecule has 0 spiro atoms. The second-order valence-electron chi connectivity index (χ2n) is 4.54. The van der Waals surface area contributed by atoms with Crippen molar-refractivity contribution in [2.24, 2.45) is 0 Å². The molecule has 2 rings (SSSR count). The van der Waals surface area contributed by atoms with Crippen molar-refractivity contribution < 1.29 is 0 Å². The minimum absolute atomic E-state index is 0.237. The van der Waals surface area contributed by atoms with Crippen molar-refractivity contribution in [1.82, 2.24) is 9.36 Å². The van der Waals surface area contributed by atoms with Crippen molar-refractivity contribution in [2.45, 2.75) is 33.2 Å². The minimum Gasteiger partial charge on any atom is -0.393 e. The molecule has 0 bridgehead atoms. The molecule has 4 nitrogen and oxygen atoms in total. The molecule has 0 atom stereocenters. The van der Waals surface area contributed by atoms with Crippen molar-refractivity contribution >= 4 is 28.9 Å². The molecule has 0 saturated carbocycles. The van der Waals surface area contributed by atoms with E-state index in [1.807, 2.05) is 11.6 Å². The number of anilines is 1. The van der Waals surface area contributed by atoms with Crippen LogP contribution in [0.25, 0.3) is 5.69 Å². The highest BCUT2D eigenvalue weighted by Crippen LogP contribution is 2.25. The molecule has 108 valence electrons. The highest BCUT2D eigenvalue weighted by Gasteiger charge is 2.18. The number of rotatable bonds is 4. The van der Waals surface area contributed by atoms with Gasteiger partial charge in [0.2, 0.25) is 0 Å². The molecule has 0 unspecified atom stereocenters. The van der Waals surface area contributed by atoms with Crippen LogP contribution in [0.1, 0.15) is 26.0 Å². The van der Waals surface area contributed by atoms with E-state index in [0.717, 1.165) is 18.5 Å². The molecule has 2 aromatic rings. The van der Waals surface area contributed by atoms with E-state index in [0.29, 0.717) is 28.0 Å². The second-order valence-corrected chi connectivity index (χ2v) is 5.38. The summed E-state index contributed by atoms with van der Waals surface area (Å²) < 4.78 is 3.40. The molecule has 0 radical (unpaired) electrons. The lowest BCUT2D eigenvalue weighted by Gasteiger charge is -2.14. The first kappa shape index (κ1) is 15.0. The fourth-order valence-corrected chi connectivity index (χ4v) is 2.82. The van der Waals surface area contributed by atoms with Crippen molar-refractivity contribution in [3.8, 4) is 5.69 Å². The molecular formula is C14H17Cl2N3O. The summed E-state index contributed by atoms with van der Waals surface area (Å²) in [6, 6.07) is 5.05. The summed E-state index contributed by atoms with van der Waals surface area (Å²) in [6.07, 6.45) is 1.68. The first-order chi connectivity index (χ1) is 9.51. The Hall–Kier alpha value is -1.39. The molecule has 2 N–H and O–H groups in total. The van der Waals surface area contributed by atoms with Gasteiger partial charge in [-0.05, 0) is 31.5 Å². The zero-order valence-corrected chi connectivity index (χ0v) is 13.0. The van der Waals surface area contributed by atoms with Crippen molar-refractivity contribution in [3.63, 3.8) is 0 Å². The van der Waals surface area contributed by atoms with Gasteiger partial charge >= 0.3 is 0 Å². The van der Waals surface area contributed by atoms with Crippen molar-refractivity contribution in [3.05, 3.63) is 44.3 Å². The lowest BCUT2D eigenvalue weighted by Crippen LogP contribution is -2.22. The summed E-state index contributed by atoms with van der Waals surface area (Å²) in [5.41, 5.74) is 7.46. The Morgan fingerprint density at radius 2 is 1.95 bits per heavy atom. The summed E-state index contributed by atoms with van der Waals surface area (Å²) in [6.45, 7) is 4.66. The third-order valence-corrected chi connectivity index (χ3v) is 3.75. The fraction of sp³-hybridized carbons (Fsp3) is 0.357. The Labute approximate surface area is 127 Å². The predicted molar refractivity (Wildman–Crippen MR) is 84.1 cm³/mol. The molecular weight excluding hydrogens is 297 g/mol. The van der Waals surface area contributed by atoms with E-state index in [2.05, 4.69) is 6.92 Å². The van der Waals surface area contributed by atoms with Crippen LogP contribution >= 0.6 is 23.2 Å². The normalized spacial score (nSPS) is 11.0. The molecule has 0 amide bonds. The molecule has 0 aliphatic carbocycles. The SMILES string of the molecule is CCCc1c(N)c(=O)n(-c2ccc(Cl)cc2Cl)n1CC. The number of nitrogen functional groups attached to an aromatic ring is 1. The summed E-state index contributed by atoms with van der Waals surface area (Å²) >= 11 is 12.1. The van der Waals surface area contributed by atoms with Crippen LogP contribution in [0.2, 0.25) is 10.0 Å². The van der Waals surface area contributed by atoms with Gasteiger partial charge in [0.15, 0.2) is 0 Å². The molecule has 1 heterocycles. The summed E-state index contributed by atoms with van der Waals surface area (Å²) in [7, 11) is 0. The van der Waals surface area contributed by atoms with Gasteiger partial charge < -0.3 is 5.73 Å². The van der Waals surface area contributed by atoms with Gasteiger partial charge in [-0.1, -0.05) is 36.5 Å². The minimum atomic E-state index is -0.237. The van der Waals surface area contributed by atoms with Crippen LogP contribution in [0, 0.1) is 0 Å². The van der Waals surface area contributed by atoms with Crippen LogP contribution < -0.4 is 11.3 Å². The standard InChI is InChI=1S/C14H17Cl2N3O/c1-3-5-12-13(17)14(20)19(18(12)4-2)11-7-6-9(15)8-10(11)16/h6-8H,3-5,17H2,1-2H3. The smallest absolute Gasteiger partial charge is 0.294 e. The zero-order valence-electron chi connectivity index (χ0n) is 11.5. The van der Waals surface area contributed by atoms with E-state index in [1.54, 1.807) is 18.2 Å². The van der Waals surface area contributed by atoms with Crippen molar-refractivity contribution in [1.29, 1.82) is 0 Å². The summed E-state index contributed by atoms with van der Waals surface area (Å²) in [4.78, 5) is 12.4. The molecule has 6 heteroatoms. The topological polar surface area (TPSA) is 53.0 Å². The van der Waals surface area contributed by atoms with Crippen LogP contribution in [0.3, 0.4) is 0 Å². The quantitative estimate of drug-likeness (QED) is 0.939. The van der Waals surface area contributed by atoms with E-state index in [-0.39, 0.29) is 5.56 Å². The molecule has 0 aliphatic rings. The molecule has 0 saturated heterocycles. The van der Waals surface area contributed by atoms with Gasteiger partial charge in [-0.3, -0.25) is 9.48 Å². The maximum Gasteiger partial charge on any atom is 0.294 e. The van der Waals surface area contributed by atoms with Crippen LogP contribution in [-0.4, -0.2) is 9.36 Å². The van der Waals surface area contributed by atoms with Gasteiger partial charge in [-0.2, -0.15) is 0 Å². The second kappa shape index (κ2) is 5.94. The maximum absolute atomic E-state index is 12.4. The van der Waals surface area contributed by atoms with E-state index in [4.69, 9.17) is 28.9 Å². The number of hydrogen-bond acceptors (Lipinski definition) is 2. The maximum atomic E-state index is 12.4. The number of nitrogens with zero attached hydrogens (tertiary/aromatic N) is 2. The molecule has 20 heavy (non-hydrogen) atoms. The Kier molecular flexibility index (Phi) is 4.45. The highest BCUT2D eigenvalue weighted by atomic mass is 35.5. The van der Waals surface area contributed by atoms with Gasteiger partial charge in [-0.25, -0.2) is 4.68 Å². The van der Waals surface area contributed by atoms with Crippen LogP contribution in [0.4, 0.5) is 5.69 Å². The highest BCUT2D eigenvalue weighted by molar-refractivity contribution is 6.35. The van der Waals surface area contributed by atoms with E-state index < -0.39 is 0 Å². The van der Waals surface area contributed by atoms with Gasteiger partial charge in [0.05, 0.1) is 16.4 Å². The average Bonchev–Trinajstić information content (AvgIpc) is 2.64. The van der Waals surface area contributed by atoms with Crippen LogP contribution in [-0.2, 0) is 13.0 Å². The summed E-state index contributed by atoms with van der Waals surface area (Å²) in [5, 5.41) is 0.956. The Morgan fingerprint density at radius 1 is 1.25 bits per heavy atom. The van der Waals surface area contributed by atoms with Crippen molar-refractivity contribution in [2.75, 3.05) is 5.73 Å².